The lowest BCUT2D eigenvalue weighted by molar-refractivity contribution is 0.395. The number of thiazole rings is 1. The molecule has 0 fully saturated rings. The summed E-state index contributed by atoms with van der Waals surface area (Å²) in [5.74, 6) is 1.50. The van der Waals surface area contributed by atoms with Crippen LogP contribution in [0.25, 0.3) is 4.96 Å². The van der Waals surface area contributed by atoms with E-state index in [1.165, 1.54) is 0 Å². The van der Waals surface area contributed by atoms with Crippen molar-refractivity contribution < 1.29 is 4.74 Å². The van der Waals surface area contributed by atoms with Crippen molar-refractivity contribution in [2.75, 3.05) is 12.4 Å². The standard InChI is InChI=1S/C11H13N5OS/c1-15-4-3-9(14-15)12-7-8-10(17-2)13-11-16(8)5-6-18-11/h3-6H,7H2,1-2H3,(H,12,14). The Hall–Kier alpha value is -2.02. The van der Waals surface area contributed by atoms with Crippen LogP contribution in [0.5, 0.6) is 5.88 Å². The molecule has 3 rings (SSSR count). The van der Waals surface area contributed by atoms with Gasteiger partial charge >= 0.3 is 0 Å². The molecule has 0 radical (unpaired) electrons. The molecule has 3 aromatic heterocycles. The van der Waals surface area contributed by atoms with Crippen molar-refractivity contribution in [3.63, 3.8) is 0 Å². The maximum absolute atomic E-state index is 5.29. The summed E-state index contributed by atoms with van der Waals surface area (Å²) in [4.78, 5) is 5.34. The van der Waals surface area contributed by atoms with Crippen LogP contribution in [0.4, 0.5) is 5.82 Å². The molecule has 6 nitrogen and oxygen atoms in total. The van der Waals surface area contributed by atoms with E-state index in [4.69, 9.17) is 4.74 Å². The summed E-state index contributed by atoms with van der Waals surface area (Å²) in [5.41, 5.74) is 0.999. The van der Waals surface area contributed by atoms with E-state index in [2.05, 4.69) is 15.4 Å². The molecular weight excluding hydrogens is 250 g/mol. The van der Waals surface area contributed by atoms with Crippen LogP contribution in [-0.4, -0.2) is 26.3 Å². The minimum absolute atomic E-state index is 0.623. The number of nitrogens with zero attached hydrogens (tertiary/aromatic N) is 4. The second-order valence-corrected chi connectivity index (χ2v) is 4.72. The first kappa shape index (κ1) is 11.1. The molecule has 0 spiro atoms. The molecule has 0 unspecified atom stereocenters. The maximum atomic E-state index is 5.29. The topological polar surface area (TPSA) is 56.4 Å². The number of imidazole rings is 1. The van der Waals surface area contributed by atoms with E-state index in [1.54, 1.807) is 23.1 Å². The van der Waals surface area contributed by atoms with Crippen molar-refractivity contribution in [2.45, 2.75) is 6.54 Å². The zero-order valence-electron chi connectivity index (χ0n) is 10.1. The summed E-state index contributed by atoms with van der Waals surface area (Å²) in [6, 6.07) is 1.93. The van der Waals surface area contributed by atoms with Crippen LogP contribution in [0.15, 0.2) is 23.8 Å². The number of aryl methyl sites for hydroxylation is 1. The molecule has 7 heteroatoms. The molecule has 0 amide bonds. The van der Waals surface area contributed by atoms with Gasteiger partial charge in [0.2, 0.25) is 5.88 Å². The Kier molecular flexibility index (Phi) is 2.67. The van der Waals surface area contributed by atoms with Crippen LogP contribution in [0.1, 0.15) is 5.69 Å². The number of fused-ring (bicyclic) bond motifs is 1. The van der Waals surface area contributed by atoms with Gasteiger partial charge in [0.15, 0.2) is 4.96 Å². The van der Waals surface area contributed by atoms with Crippen molar-refractivity contribution in [2.24, 2.45) is 7.05 Å². The Bertz CT molecular complexity index is 668. The van der Waals surface area contributed by atoms with E-state index >= 15 is 0 Å². The predicted molar refractivity (Wildman–Crippen MR) is 70.2 cm³/mol. The van der Waals surface area contributed by atoms with Crippen LogP contribution >= 0.6 is 11.3 Å². The van der Waals surface area contributed by atoms with Crippen LogP contribution < -0.4 is 10.1 Å². The zero-order valence-corrected chi connectivity index (χ0v) is 10.9. The second kappa shape index (κ2) is 4.34. The minimum atomic E-state index is 0.623. The van der Waals surface area contributed by atoms with Gasteiger partial charge in [-0.2, -0.15) is 10.1 Å². The molecule has 18 heavy (non-hydrogen) atoms. The first-order valence-corrected chi connectivity index (χ1v) is 6.38. The quantitative estimate of drug-likeness (QED) is 0.779. The Morgan fingerprint density at radius 2 is 2.33 bits per heavy atom. The van der Waals surface area contributed by atoms with Gasteiger partial charge in [-0.15, -0.1) is 11.3 Å². The first-order valence-electron chi connectivity index (χ1n) is 5.50. The fourth-order valence-corrected chi connectivity index (χ4v) is 2.55. The Morgan fingerprint density at radius 3 is 3.06 bits per heavy atom. The van der Waals surface area contributed by atoms with E-state index in [9.17, 15) is 0 Å². The molecular formula is C11H13N5OS. The molecule has 0 aromatic carbocycles. The van der Waals surface area contributed by atoms with Crippen LogP contribution in [0.2, 0.25) is 0 Å². The SMILES string of the molecule is COc1nc2sccn2c1CNc1ccn(C)n1. The lowest BCUT2D eigenvalue weighted by atomic mass is 10.4. The molecule has 0 bridgehead atoms. The number of anilines is 1. The summed E-state index contributed by atoms with van der Waals surface area (Å²) < 4.78 is 9.08. The van der Waals surface area contributed by atoms with E-state index in [0.717, 1.165) is 16.5 Å². The molecule has 0 aliphatic carbocycles. The fraction of sp³-hybridized carbons (Fsp3) is 0.273. The van der Waals surface area contributed by atoms with Crippen molar-refractivity contribution >= 4 is 22.1 Å². The summed E-state index contributed by atoms with van der Waals surface area (Å²) >= 11 is 1.59. The van der Waals surface area contributed by atoms with E-state index in [-0.39, 0.29) is 0 Å². The lowest BCUT2D eigenvalue weighted by Crippen LogP contribution is -2.04. The maximum Gasteiger partial charge on any atom is 0.238 e. The van der Waals surface area contributed by atoms with Gasteiger partial charge in [-0.3, -0.25) is 9.08 Å². The monoisotopic (exact) mass is 263 g/mol. The number of ether oxygens (including phenoxy) is 1. The zero-order chi connectivity index (χ0) is 12.5. The molecule has 0 saturated heterocycles. The third kappa shape index (κ3) is 1.82. The van der Waals surface area contributed by atoms with Gasteiger partial charge in [-0.1, -0.05) is 0 Å². The summed E-state index contributed by atoms with van der Waals surface area (Å²) in [5, 5.41) is 9.53. The van der Waals surface area contributed by atoms with Gasteiger partial charge in [0, 0.05) is 30.9 Å². The molecule has 0 saturated carbocycles. The largest absolute Gasteiger partial charge is 0.480 e. The van der Waals surface area contributed by atoms with Gasteiger partial charge in [0.25, 0.3) is 0 Å². The molecule has 3 aromatic rings. The molecule has 94 valence electrons. The number of rotatable bonds is 4. The van der Waals surface area contributed by atoms with Gasteiger partial charge in [-0.25, -0.2) is 0 Å². The Labute approximate surface area is 108 Å². The second-order valence-electron chi connectivity index (χ2n) is 3.85. The van der Waals surface area contributed by atoms with E-state index in [1.807, 2.05) is 35.3 Å². The Balaban J connectivity index is 1.86. The number of hydrogen-bond donors (Lipinski definition) is 1. The average Bonchev–Trinajstić information content (AvgIpc) is 3.02. The van der Waals surface area contributed by atoms with Crippen molar-refractivity contribution in [1.29, 1.82) is 0 Å². The molecule has 0 atom stereocenters. The van der Waals surface area contributed by atoms with Crippen molar-refractivity contribution in [3.8, 4) is 5.88 Å². The van der Waals surface area contributed by atoms with Gasteiger partial charge in [0.05, 0.1) is 13.7 Å². The molecule has 0 aliphatic rings. The van der Waals surface area contributed by atoms with Gasteiger partial charge < -0.3 is 10.1 Å². The van der Waals surface area contributed by atoms with Crippen molar-refractivity contribution in [3.05, 3.63) is 29.5 Å². The predicted octanol–water partition coefficient (Wildman–Crippen LogP) is 1.75. The van der Waals surface area contributed by atoms with Crippen LogP contribution in [0.3, 0.4) is 0 Å². The van der Waals surface area contributed by atoms with Gasteiger partial charge in [-0.05, 0) is 0 Å². The van der Waals surface area contributed by atoms with E-state index in [0.29, 0.717) is 12.4 Å². The van der Waals surface area contributed by atoms with Gasteiger partial charge in [0.1, 0.15) is 11.5 Å². The number of aromatic nitrogens is 4. The minimum Gasteiger partial charge on any atom is -0.480 e. The summed E-state index contributed by atoms with van der Waals surface area (Å²) in [6.45, 7) is 0.623. The molecule has 3 heterocycles. The van der Waals surface area contributed by atoms with Crippen LogP contribution in [0, 0.1) is 0 Å². The lowest BCUT2D eigenvalue weighted by Gasteiger charge is -2.04. The summed E-state index contributed by atoms with van der Waals surface area (Å²) in [7, 11) is 3.53. The van der Waals surface area contributed by atoms with Crippen molar-refractivity contribution in [1.82, 2.24) is 19.2 Å². The number of methoxy groups -OCH3 is 1. The third-order valence-corrected chi connectivity index (χ3v) is 3.42. The summed E-state index contributed by atoms with van der Waals surface area (Å²) in [6.07, 6.45) is 3.89. The highest BCUT2D eigenvalue weighted by atomic mass is 32.1. The highest BCUT2D eigenvalue weighted by Gasteiger charge is 2.13. The molecule has 0 aliphatic heterocycles. The first-order chi connectivity index (χ1) is 8.78. The normalized spacial score (nSPS) is 11.0. The molecule has 1 N–H and O–H groups in total. The fourth-order valence-electron chi connectivity index (χ4n) is 1.82. The van der Waals surface area contributed by atoms with Crippen LogP contribution in [-0.2, 0) is 13.6 Å². The average molecular weight is 263 g/mol. The van der Waals surface area contributed by atoms with E-state index < -0.39 is 0 Å². The number of hydrogen-bond acceptors (Lipinski definition) is 5. The Morgan fingerprint density at radius 1 is 1.44 bits per heavy atom. The highest BCUT2D eigenvalue weighted by molar-refractivity contribution is 7.15. The number of nitrogens with one attached hydrogen (secondary N) is 1. The smallest absolute Gasteiger partial charge is 0.238 e. The third-order valence-electron chi connectivity index (χ3n) is 2.67. The highest BCUT2D eigenvalue weighted by Crippen LogP contribution is 2.23.